The lowest BCUT2D eigenvalue weighted by atomic mass is 9.87. The van der Waals surface area contributed by atoms with Crippen LogP contribution in [0.3, 0.4) is 0 Å². The molecule has 2 aliphatic rings. The fourth-order valence-electron chi connectivity index (χ4n) is 4.36. The van der Waals surface area contributed by atoms with Gasteiger partial charge in [0.2, 0.25) is 6.79 Å². The second kappa shape index (κ2) is 6.02. The van der Waals surface area contributed by atoms with Crippen molar-refractivity contribution in [3.05, 3.63) is 53.2 Å². The van der Waals surface area contributed by atoms with E-state index < -0.39 is 5.41 Å². The maximum absolute atomic E-state index is 13.3. The molecule has 29 heavy (non-hydrogen) atoms. The number of nitrogens with two attached hydrogens (primary N) is 1. The summed E-state index contributed by atoms with van der Waals surface area (Å²) in [6, 6.07) is 12.0. The van der Waals surface area contributed by atoms with Crippen molar-refractivity contribution >= 4 is 22.4 Å². The lowest BCUT2D eigenvalue weighted by molar-refractivity contribution is -0.120. The maximum Gasteiger partial charge on any atom is 0.231 e. The molecule has 2 heterocycles. The normalized spacial score (nSPS) is 16.9. The number of aromatic amines is 1. The van der Waals surface area contributed by atoms with E-state index in [2.05, 4.69) is 31.8 Å². The molecule has 5 heteroatoms. The van der Waals surface area contributed by atoms with E-state index in [0.717, 1.165) is 57.8 Å². The van der Waals surface area contributed by atoms with Gasteiger partial charge in [0.15, 0.2) is 11.5 Å². The highest BCUT2D eigenvalue weighted by Crippen LogP contribution is 2.51. The molecule has 0 atom stereocenters. The van der Waals surface area contributed by atoms with E-state index in [0.29, 0.717) is 6.42 Å². The molecule has 3 aromatic rings. The third kappa shape index (κ3) is 2.87. The molecule has 3 N–H and O–H groups in total. The van der Waals surface area contributed by atoms with Crippen LogP contribution >= 0.6 is 0 Å². The van der Waals surface area contributed by atoms with Crippen LogP contribution in [0.15, 0.2) is 36.4 Å². The standard InChI is InChI=1S/C24H26N2O3/c1-23(2,3)22-21(25)16-10-14(4-6-17(16)26-22)11-20(27)24(8-9-24)15-5-7-18-19(12-15)29-13-28-18/h4-7,10,12,26H,8-9,11,13,25H2,1-3H3. The third-order valence-electron chi connectivity index (χ3n) is 6.23. The van der Waals surface area contributed by atoms with E-state index in [9.17, 15) is 4.79 Å². The summed E-state index contributed by atoms with van der Waals surface area (Å²) in [5, 5.41) is 0.994. The number of rotatable bonds is 4. The molecule has 1 saturated carbocycles. The molecule has 2 aromatic carbocycles. The number of Topliss-reactive ketones (excluding diaryl/α,β-unsaturated/α-hetero) is 1. The van der Waals surface area contributed by atoms with Gasteiger partial charge >= 0.3 is 0 Å². The zero-order valence-electron chi connectivity index (χ0n) is 17.1. The van der Waals surface area contributed by atoms with E-state index in [1.54, 1.807) is 0 Å². The quantitative estimate of drug-likeness (QED) is 0.681. The Hall–Kier alpha value is -2.95. The highest BCUT2D eigenvalue weighted by atomic mass is 16.7. The molecule has 0 saturated heterocycles. The topological polar surface area (TPSA) is 77.3 Å². The van der Waals surface area contributed by atoms with E-state index in [1.165, 1.54) is 0 Å². The predicted molar refractivity (Wildman–Crippen MR) is 114 cm³/mol. The van der Waals surface area contributed by atoms with Crippen LogP contribution in [0.1, 0.15) is 50.4 Å². The predicted octanol–water partition coefficient (Wildman–Crippen LogP) is 4.62. The number of aromatic nitrogens is 1. The summed E-state index contributed by atoms with van der Waals surface area (Å²) in [4.78, 5) is 16.7. The van der Waals surface area contributed by atoms with Gasteiger partial charge in [-0.25, -0.2) is 0 Å². The third-order valence-corrected chi connectivity index (χ3v) is 6.23. The first-order valence-electron chi connectivity index (χ1n) is 10.1. The van der Waals surface area contributed by atoms with Crippen molar-refractivity contribution < 1.29 is 14.3 Å². The fraction of sp³-hybridized carbons (Fsp3) is 0.375. The number of H-pyrrole nitrogens is 1. The Labute approximate surface area is 170 Å². The molecule has 1 aromatic heterocycles. The molecular formula is C24H26N2O3. The summed E-state index contributed by atoms with van der Waals surface area (Å²) in [5.74, 6) is 1.73. The summed E-state index contributed by atoms with van der Waals surface area (Å²) in [6.07, 6.45) is 2.17. The van der Waals surface area contributed by atoms with Crippen LogP contribution in [-0.2, 0) is 22.0 Å². The number of benzene rings is 2. The van der Waals surface area contributed by atoms with Crippen molar-refractivity contribution in [2.45, 2.75) is 50.9 Å². The average molecular weight is 390 g/mol. The summed E-state index contributed by atoms with van der Waals surface area (Å²) in [7, 11) is 0. The number of nitrogen functional groups attached to an aromatic ring is 1. The Morgan fingerprint density at radius 1 is 1.10 bits per heavy atom. The SMILES string of the molecule is CC(C)(C)c1[nH]c2ccc(CC(=O)C3(c4ccc5c(c4)OCO5)CC3)cc2c1N. The van der Waals surface area contributed by atoms with Crippen LogP contribution in [0.25, 0.3) is 10.9 Å². The fourth-order valence-corrected chi connectivity index (χ4v) is 4.36. The van der Waals surface area contributed by atoms with Crippen molar-refractivity contribution in [3.8, 4) is 11.5 Å². The Morgan fingerprint density at radius 2 is 1.86 bits per heavy atom. The second-order valence-electron chi connectivity index (χ2n) is 9.29. The Balaban J connectivity index is 1.43. The van der Waals surface area contributed by atoms with E-state index >= 15 is 0 Å². The first kappa shape index (κ1) is 18.1. The molecule has 1 fully saturated rings. The van der Waals surface area contributed by atoms with Gasteiger partial charge in [0.05, 0.1) is 11.1 Å². The molecule has 0 spiro atoms. The summed E-state index contributed by atoms with van der Waals surface area (Å²) in [6.45, 7) is 6.66. The zero-order chi connectivity index (χ0) is 20.4. The average Bonchev–Trinajstić information content (AvgIpc) is 3.24. The maximum atomic E-state index is 13.3. The van der Waals surface area contributed by atoms with Crippen LogP contribution in [0.5, 0.6) is 11.5 Å². The van der Waals surface area contributed by atoms with Gasteiger partial charge in [-0.2, -0.15) is 0 Å². The van der Waals surface area contributed by atoms with Gasteiger partial charge in [0.25, 0.3) is 0 Å². The number of nitrogens with one attached hydrogen (secondary N) is 1. The molecule has 0 unspecified atom stereocenters. The number of hydrogen-bond acceptors (Lipinski definition) is 4. The van der Waals surface area contributed by atoms with Gasteiger partial charge in [0.1, 0.15) is 5.78 Å². The van der Waals surface area contributed by atoms with Crippen molar-refractivity contribution in [1.82, 2.24) is 4.98 Å². The van der Waals surface area contributed by atoms with Crippen molar-refractivity contribution in [2.75, 3.05) is 12.5 Å². The van der Waals surface area contributed by atoms with Crippen molar-refractivity contribution in [3.63, 3.8) is 0 Å². The lowest BCUT2D eigenvalue weighted by Gasteiger charge is -2.17. The van der Waals surface area contributed by atoms with E-state index in [4.69, 9.17) is 15.2 Å². The van der Waals surface area contributed by atoms with Crippen LogP contribution < -0.4 is 15.2 Å². The van der Waals surface area contributed by atoms with Gasteiger partial charge in [-0.05, 0) is 48.2 Å². The zero-order valence-corrected chi connectivity index (χ0v) is 17.1. The first-order chi connectivity index (χ1) is 13.8. The van der Waals surface area contributed by atoms with Gasteiger partial charge in [0, 0.05) is 28.4 Å². The number of ether oxygens (including phenoxy) is 2. The minimum atomic E-state index is -0.393. The molecular weight excluding hydrogens is 364 g/mol. The Morgan fingerprint density at radius 3 is 2.59 bits per heavy atom. The van der Waals surface area contributed by atoms with Crippen LogP contribution in [0, 0.1) is 0 Å². The molecule has 0 radical (unpaired) electrons. The lowest BCUT2D eigenvalue weighted by Crippen LogP contribution is -2.22. The van der Waals surface area contributed by atoms with Gasteiger partial charge in [-0.3, -0.25) is 4.79 Å². The molecule has 0 bridgehead atoms. The number of hydrogen-bond donors (Lipinski definition) is 2. The summed E-state index contributed by atoms with van der Waals surface area (Å²) >= 11 is 0. The number of carbonyl (C=O) groups is 1. The molecule has 150 valence electrons. The van der Waals surface area contributed by atoms with Crippen molar-refractivity contribution in [1.29, 1.82) is 0 Å². The number of fused-ring (bicyclic) bond motifs is 2. The van der Waals surface area contributed by atoms with E-state index in [-0.39, 0.29) is 18.0 Å². The van der Waals surface area contributed by atoms with E-state index in [1.807, 2.05) is 30.3 Å². The largest absolute Gasteiger partial charge is 0.454 e. The highest BCUT2D eigenvalue weighted by Gasteiger charge is 2.50. The van der Waals surface area contributed by atoms with Gasteiger partial charge in [-0.15, -0.1) is 0 Å². The monoisotopic (exact) mass is 390 g/mol. The highest BCUT2D eigenvalue weighted by molar-refractivity contribution is 5.97. The number of ketones is 1. The molecule has 0 amide bonds. The van der Waals surface area contributed by atoms with Gasteiger partial charge < -0.3 is 20.2 Å². The Bertz CT molecular complexity index is 1130. The minimum Gasteiger partial charge on any atom is -0.454 e. The minimum absolute atomic E-state index is 0.0590. The Kier molecular flexibility index (Phi) is 3.76. The summed E-state index contributed by atoms with van der Waals surface area (Å²) in [5.41, 5.74) is 10.8. The first-order valence-corrected chi connectivity index (χ1v) is 10.1. The molecule has 1 aliphatic heterocycles. The molecule has 5 nitrogen and oxygen atoms in total. The van der Waals surface area contributed by atoms with Crippen LogP contribution in [-0.4, -0.2) is 17.6 Å². The van der Waals surface area contributed by atoms with Gasteiger partial charge in [-0.1, -0.05) is 32.9 Å². The smallest absolute Gasteiger partial charge is 0.231 e. The summed E-state index contributed by atoms with van der Waals surface area (Å²) < 4.78 is 10.9. The van der Waals surface area contributed by atoms with Crippen LogP contribution in [0.2, 0.25) is 0 Å². The number of anilines is 1. The molecule has 5 rings (SSSR count). The van der Waals surface area contributed by atoms with Crippen LogP contribution in [0.4, 0.5) is 5.69 Å². The van der Waals surface area contributed by atoms with Crippen molar-refractivity contribution in [2.24, 2.45) is 0 Å². The second-order valence-corrected chi connectivity index (χ2v) is 9.29. The molecule has 1 aliphatic carbocycles. The number of carbonyl (C=O) groups excluding carboxylic acids is 1.